The summed E-state index contributed by atoms with van der Waals surface area (Å²) in [5.41, 5.74) is 2.43. The minimum atomic E-state index is -0.894. The fourth-order valence-corrected chi connectivity index (χ4v) is 2.97. The predicted molar refractivity (Wildman–Crippen MR) is 85.2 cm³/mol. The minimum Gasteiger partial charge on any atom is -0.478 e. The average molecular weight is 298 g/mol. The molecule has 0 aliphatic rings. The lowest BCUT2D eigenvalue weighted by atomic mass is 10.1. The quantitative estimate of drug-likeness (QED) is 0.754. The number of rotatable bonds is 5. The maximum absolute atomic E-state index is 10.8. The number of carboxylic acid groups (broad SMARTS) is 1. The molecule has 3 rings (SSSR count). The molecule has 0 spiro atoms. The van der Waals surface area contributed by atoms with Gasteiger partial charge in [0.05, 0.1) is 15.8 Å². The van der Waals surface area contributed by atoms with Gasteiger partial charge in [-0.25, -0.2) is 9.78 Å². The fraction of sp³-hybridized carbons (Fsp3) is 0.125. The van der Waals surface area contributed by atoms with Crippen LogP contribution in [0.25, 0.3) is 10.2 Å². The van der Waals surface area contributed by atoms with Crippen LogP contribution in [0.4, 0.5) is 5.13 Å². The second-order valence-corrected chi connectivity index (χ2v) is 5.70. The van der Waals surface area contributed by atoms with Crippen molar-refractivity contribution in [1.82, 2.24) is 4.98 Å². The maximum Gasteiger partial charge on any atom is 0.335 e. The van der Waals surface area contributed by atoms with Gasteiger partial charge in [-0.05, 0) is 36.2 Å². The number of carboxylic acids is 1. The zero-order valence-electron chi connectivity index (χ0n) is 11.2. The molecule has 0 bridgehead atoms. The van der Waals surface area contributed by atoms with Crippen LogP contribution in [0.15, 0.2) is 48.5 Å². The molecule has 3 aromatic rings. The third kappa shape index (κ3) is 3.20. The molecule has 4 nitrogen and oxygen atoms in total. The van der Waals surface area contributed by atoms with Gasteiger partial charge >= 0.3 is 5.97 Å². The largest absolute Gasteiger partial charge is 0.478 e. The molecule has 0 saturated heterocycles. The number of thiazole rings is 1. The van der Waals surface area contributed by atoms with Crippen LogP contribution >= 0.6 is 11.3 Å². The zero-order chi connectivity index (χ0) is 14.7. The summed E-state index contributed by atoms with van der Waals surface area (Å²) in [5.74, 6) is -0.894. The van der Waals surface area contributed by atoms with Crippen molar-refractivity contribution in [3.05, 3.63) is 59.7 Å². The number of carbonyl (C=O) groups is 1. The molecule has 21 heavy (non-hydrogen) atoms. The lowest BCUT2D eigenvalue weighted by molar-refractivity contribution is 0.0697. The van der Waals surface area contributed by atoms with Gasteiger partial charge in [-0.2, -0.15) is 0 Å². The Labute approximate surface area is 126 Å². The Balaban J connectivity index is 1.59. The number of anilines is 1. The normalized spacial score (nSPS) is 10.7. The van der Waals surface area contributed by atoms with E-state index in [0.717, 1.165) is 29.2 Å². The Morgan fingerprint density at radius 1 is 1.14 bits per heavy atom. The molecule has 0 saturated carbocycles. The van der Waals surface area contributed by atoms with Crippen molar-refractivity contribution >= 4 is 32.7 Å². The van der Waals surface area contributed by atoms with Crippen molar-refractivity contribution in [3.8, 4) is 0 Å². The number of para-hydroxylation sites is 1. The molecule has 1 aromatic heterocycles. The van der Waals surface area contributed by atoms with Crippen molar-refractivity contribution in [3.63, 3.8) is 0 Å². The monoisotopic (exact) mass is 298 g/mol. The number of nitrogens with one attached hydrogen (secondary N) is 1. The zero-order valence-corrected chi connectivity index (χ0v) is 12.1. The Morgan fingerprint density at radius 3 is 2.62 bits per heavy atom. The number of nitrogens with zero attached hydrogens (tertiary/aromatic N) is 1. The molecule has 0 aliphatic carbocycles. The van der Waals surface area contributed by atoms with E-state index in [1.54, 1.807) is 23.5 Å². The molecule has 106 valence electrons. The standard InChI is InChI=1S/C16H14N2O2S/c19-15(20)12-7-5-11(6-8-12)9-10-17-16-18-13-3-1-2-4-14(13)21-16/h1-8H,9-10H2,(H,17,18)(H,19,20). The summed E-state index contributed by atoms with van der Waals surface area (Å²) in [6, 6.07) is 15.0. The van der Waals surface area contributed by atoms with Crippen molar-refractivity contribution in [1.29, 1.82) is 0 Å². The van der Waals surface area contributed by atoms with Crippen molar-refractivity contribution in [2.45, 2.75) is 6.42 Å². The van der Waals surface area contributed by atoms with E-state index in [1.807, 2.05) is 30.3 Å². The van der Waals surface area contributed by atoms with E-state index in [4.69, 9.17) is 5.11 Å². The van der Waals surface area contributed by atoms with Gasteiger partial charge < -0.3 is 10.4 Å². The molecule has 0 atom stereocenters. The van der Waals surface area contributed by atoms with Crippen molar-refractivity contribution in [2.24, 2.45) is 0 Å². The van der Waals surface area contributed by atoms with Crippen LogP contribution in [0, 0.1) is 0 Å². The second kappa shape index (κ2) is 5.93. The smallest absolute Gasteiger partial charge is 0.335 e. The van der Waals surface area contributed by atoms with Crippen LogP contribution in [0.1, 0.15) is 15.9 Å². The molecule has 0 unspecified atom stereocenters. The SMILES string of the molecule is O=C(O)c1ccc(CCNc2nc3ccccc3s2)cc1. The number of benzene rings is 2. The minimum absolute atomic E-state index is 0.317. The van der Waals surface area contributed by atoms with E-state index >= 15 is 0 Å². The summed E-state index contributed by atoms with van der Waals surface area (Å²) in [6.45, 7) is 0.770. The van der Waals surface area contributed by atoms with Crippen LogP contribution in [0.5, 0.6) is 0 Å². The van der Waals surface area contributed by atoms with Crippen molar-refractivity contribution in [2.75, 3.05) is 11.9 Å². The molecule has 0 amide bonds. The first-order valence-corrected chi connectivity index (χ1v) is 7.46. The van der Waals surface area contributed by atoms with Gasteiger partial charge in [0.15, 0.2) is 5.13 Å². The molecule has 0 radical (unpaired) electrons. The van der Waals surface area contributed by atoms with Gasteiger partial charge in [0, 0.05) is 6.54 Å². The molecule has 0 fully saturated rings. The Hall–Kier alpha value is -2.40. The number of aromatic carboxylic acids is 1. The van der Waals surface area contributed by atoms with Gasteiger partial charge in [-0.15, -0.1) is 0 Å². The maximum atomic E-state index is 10.8. The summed E-state index contributed by atoms with van der Waals surface area (Å²) >= 11 is 1.64. The van der Waals surface area contributed by atoms with Crippen molar-refractivity contribution < 1.29 is 9.90 Å². The molecule has 0 aliphatic heterocycles. The van der Waals surface area contributed by atoms with E-state index in [9.17, 15) is 4.79 Å². The van der Waals surface area contributed by atoms with Crippen LogP contribution in [-0.4, -0.2) is 22.6 Å². The topological polar surface area (TPSA) is 62.2 Å². The van der Waals surface area contributed by atoms with Crippen LogP contribution in [0.3, 0.4) is 0 Å². The fourth-order valence-electron chi connectivity index (χ4n) is 2.08. The summed E-state index contributed by atoms with van der Waals surface area (Å²) in [6.07, 6.45) is 0.829. The average Bonchev–Trinajstić information content (AvgIpc) is 2.90. The van der Waals surface area contributed by atoms with Gasteiger partial charge in [0.25, 0.3) is 0 Å². The molecule has 5 heteroatoms. The Kier molecular flexibility index (Phi) is 3.83. The molecular formula is C16H14N2O2S. The summed E-state index contributed by atoms with van der Waals surface area (Å²) in [7, 11) is 0. The summed E-state index contributed by atoms with van der Waals surface area (Å²) in [5, 5.41) is 13.1. The highest BCUT2D eigenvalue weighted by Gasteiger charge is 2.03. The highest BCUT2D eigenvalue weighted by atomic mass is 32.1. The van der Waals surface area contributed by atoms with Gasteiger partial charge in [-0.3, -0.25) is 0 Å². The van der Waals surface area contributed by atoms with Crippen LogP contribution < -0.4 is 5.32 Å². The van der Waals surface area contributed by atoms with Gasteiger partial charge in [0.1, 0.15) is 0 Å². The number of hydrogen-bond acceptors (Lipinski definition) is 4. The second-order valence-electron chi connectivity index (χ2n) is 4.67. The third-order valence-corrected chi connectivity index (χ3v) is 4.18. The Morgan fingerprint density at radius 2 is 1.90 bits per heavy atom. The van der Waals surface area contributed by atoms with E-state index in [-0.39, 0.29) is 0 Å². The first-order chi connectivity index (χ1) is 10.2. The van der Waals surface area contributed by atoms with Gasteiger partial charge in [0.2, 0.25) is 0 Å². The highest BCUT2D eigenvalue weighted by molar-refractivity contribution is 7.22. The summed E-state index contributed by atoms with van der Waals surface area (Å²) < 4.78 is 1.17. The lowest BCUT2D eigenvalue weighted by Gasteiger charge is -2.03. The van der Waals surface area contributed by atoms with E-state index in [1.165, 1.54) is 4.70 Å². The predicted octanol–water partition coefficient (Wildman–Crippen LogP) is 3.65. The number of aromatic nitrogens is 1. The molecular weight excluding hydrogens is 284 g/mol. The van der Waals surface area contributed by atoms with Crippen LogP contribution in [0.2, 0.25) is 0 Å². The van der Waals surface area contributed by atoms with E-state index < -0.39 is 5.97 Å². The van der Waals surface area contributed by atoms with Gasteiger partial charge in [-0.1, -0.05) is 35.6 Å². The third-order valence-electron chi connectivity index (χ3n) is 3.18. The summed E-state index contributed by atoms with van der Waals surface area (Å²) in [4.78, 5) is 15.3. The first-order valence-electron chi connectivity index (χ1n) is 6.64. The Bertz CT molecular complexity index is 732. The number of fused-ring (bicyclic) bond motifs is 1. The molecule has 2 aromatic carbocycles. The highest BCUT2D eigenvalue weighted by Crippen LogP contribution is 2.25. The molecule has 2 N–H and O–H groups in total. The van der Waals surface area contributed by atoms with E-state index in [0.29, 0.717) is 5.56 Å². The molecule has 1 heterocycles. The first kappa shape index (κ1) is 13.6. The lowest BCUT2D eigenvalue weighted by Crippen LogP contribution is -2.04. The van der Waals surface area contributed by atoms with E-state index in [2.05, 4.69) is 16.4 Å². The van der Waals surface area contributed by atoms with Crippen LogP contribution in [-0.2, 0) is 6.42 Å². The number of hydrogen-bond donors (Lipinski definition) is 2.